The second kappa shape index (κ2) is 5.93. The molecule has 1 heterocycles. The van der Waals surface area contributed by atoms with Gasteiger partial charge in [0.15, 0.2) is 0 Å². The van der Waals surface area contributed by atoms with Crippen LogP contribution in [0.4, 0.5) is 8.78 Å². The Morgan fingerprint density at radius 2 is 1.89 bits per heavy atom. The van der Waals surface area contributed by atoms with Crippen molar-refractivity contribution in [3.63, 3.8) is 0 Å². The van der Waals surface area contributed by atoms with E-state index in [1.165, 1.54) is 18.2 Å². The minimum atomic E-state index is -0.519. The molecule has 0 bridgehead atoms. The largest absolute Gasteiger partial charge is 0.308 e. The van der Waals surface area contributed by atoms with Crippen molar-refractivity contribution in [2.45, 2.75) is 26.4 Å². The molecule has 102 valence electrons. The van der Waals surface area contributed by atoms with Gasteiger partial charge in [0.05, 0.1) is 5.69 Å². The van der Waals surface area contributed by atoms with Crippen LogP contribution >= 0.6 is 0 Å². The Morgan fingerprint density at radius 3 is 2.53 bits per heavy atom. The predicted molar refractivity (Wildman–Crippen MR) is 69.5 cm³/mol. The maximum absolute atomic E-state index is 13.4. The van der Waals surface area contributed by atoms with E-state index in [9.17, 15) is 8.78 Å². The van der Waals surface area contributed by atoms with Crippen molar-refractivity contribution in [3.05, 3.63) is 52.9 Å². The molecule has 1 N–H and O–H groups in total. The van der Waals surface area contributed by atoms with Gasteiger partial charge in [-0.25, -0.2) is 8.78 Å². The Kier molecular flexibility index (Phi) is 4.27. The monoisotopic (exact) mass is 265 g/mol. The lowest BCUT2D eigenvalue weighted by atomic mass is 10.2. The smallest absolute Gasteiger partial charge is 0.130 e. The fourth-order valence-electron chi connectivity index (χ4n) is 2.05. The highest BCUT2D eigenvalue weighted by Crippen LogP contribution is 2.12. The number of halogens is 2. The van der Waals surface area contributed by atoms with Crippen molar-refractivity contribution in [1.29, 1.82) is 0 Å². The van der Waals surface area contributed by atoms with Gasteiger partial charge >= 0.3 is 0 Å². The van der Waals surface area contributed by atoms with E-state index >= 15 is 0 Å². The third-order valence-electron chi connectivity index (χ3n) is 3.01. The normalized spacial score (nSPS) is 10.9. The van der Waals surface area contributed by atoms with Gasteiger partial charge in [-0.3, -0.25) is 4.68 Å². The van der Waals surface area contributed by atoms with Crippen molar-refractivity contribution in [3.8, 4) is 0 Å². The zero-order valence-electron chi connectivity index (χ0n) is 11.1. The molecule has 0 aliphatic heterocycles. The highest BCUT2D eigenvalue weighted by atomic mass is 19.1. The van der Waals surface area contributed by atoms with Crippen molar-refractivity contribution >= 4 is 0 Å². The summed E-state index contributed by atoms with van der Waals surface area (Å²) in [6.07, 6.45) is 2.76. The highest BCUT2D eigenvalue weighted by molar-refractivity contribution is 5.20. The fraction of sp³-hybridized carbons (Fsp3) is 0.357. The van der Waals surface area contributed by atoms with Crippen LogP contribution in [-0.2, 0) is 26.6 Å². The Hall–Kier alpha value is -1.75. The molecule has 2 rings (SSSR count). The molecule has 0 aliphatic carbocycles. The Bertz CT molecular complexity index is 544. The minimum absolute atomic E-state index is 0.0736. The van der Waals surface area contributed by atoms with Crippen LogP contribution in [0.3, 0.4) is 0 Å². The van der Waals surface area contributed by atoms with Crippen LogP contribution in [0.2, 0.25) is 0 Å². The molecule has 5 heteroatoms. The molecule has 0 aliphatic rings. The van der Waals surface area contributed by atoms with E-state index in [2.05, 4.69) is 10.4 Å². The molecule has 0 atom stereocenters. The number of nitrogens with one attached hydrogen (secondary N) is 1. The van der Waals surface area contributed by atoms with E-state index in [1.807, 2.05) is 20.2 Å². The van der Waals surface area contributed by atoms with E-state index in [4.69, 9.17) is 0 Å². The molecule has 0 saturated carbocycles. The lowest BCUT2D eigenvalue weighted by Crippen LogP contribution is -2.15. The number of aryl methyl sites for hydroxylation is 2. The van der Waals surface area contributed by atoms with E-state index in [1.54, 1.807) is 4.68 Å². The molecular weight excluding hydrogens is 248 g/mol. The molecule has 0 amide bonds. The molecule has 19 heavy (non-hydrogen) atoms. The van der Waals surface area contributed by atoms with Crippen molar-refractivity contribution in [1.82, 2.24) is 15.1 Å². The molecule has 0 radical (unpaired) electrons. The molecular formula is C14H17F2N3. The summed E-state index contributed by atoms with van der Waals surface area (Å²) < 4.78 is 28.6. The maximum Gasteiger partial charge on any atom is 0.130 e. The fourth-order valence-corrected chi connectivity index (χ4v) is 2.05. The molecule has 1 aromatic heterocycles. The molecule has 0 spiro atoms. The van der Waals surface area contributed by atoms with Crippen LogP contribution in [0.5, 0.6) is 0 Å². The van der Waals surface area contributed by atoms with E-state index in [-0.39, 0.29) is 12.1 Å². The van der Waals surface area contributed by atoms with Gasteiger partial charge < -0.3 is 5.32 Å². The van der Waals surface area contributed by atoms with Gasteiger partial charge in [0.25, 0.3) is 0 Å². The molecule has 0 saturated heterocycles. The van der Waals surface area contributed by atoms with E-state index in [0.29, 0.717) is 6.54 Å². The third-order valence-corrected chi connectivity index (χ3v) is 3.01. The summed E-state index contributed by atoms with van der Waals surface area (Å²) >= 11 is 0. The van der Waals surface area contributed by atoms with Crippen LogP contribution in [0.15, 0.2) is 24.4 Å². The SMILES string of the molecule is CCc1nn(C)cc1CNCc1c(F)cccc1F. The maximum atomic E-state index is 13.4. The van der Waals surface area contributed by atoms with Crippen LogP contribution in [0.25, 0.3) is 0 Å². The Balaban J connectivity index is 2.00. The number of aromatic nitrogens is 2. The summed E-state index contributed by atoms with van der Waals surface area (Å²) in [6, 6.07) is 3.90. The topological polar surface area (TPSA) is 29.9 Å². The van der Waals surface area contributed by atoms with Crippen LogP contribution in [0.1, 0.15) is 23.7 Å². The van der Waals surface area contributed by atoms with Gasteiger partial charge in [-0.15, -0.1) is 0 Å². The van der Waals surface area contributed by atoms with Crippen LogP contribution in [-0.4, -0.2) is 9.78 Å². The molecule has 0 unspecified atom stereocenters. The van der Waals surface area contributed by atoms with Gasteiger partial charge in [0.2, 0.25) is 0 Å². The minimum Gasteiger partial charge on any atom is -0.308 e. The van der Waals surface area contributed by atoms with Crippen LogP contribution in [0, 0.1) is 11.6 Å². The zero-order valence-corrected chi connectivity index (χ0v) is 11.1. The first-order chi connectivity index (χ1) is 9.11. The Morgan fingerprint density at radius 1 is 1.21 bits per heavy atom. The number of hydrogen-bond acceptors (Lipinski definition) is 2. The summed E-state index contributed by atoms with van der Waals surface area (Å²) in [5.74, 6) is -1.04. The quantitative estimate of drug-likeness (QED) is 0.900. The van der Waals surface area contributed by atoms with Crippen molar-refractivity contribution in [2.24, 2.45) is 7.05 Å². The first-order valence-corrected chi connectivity index (χ1v) is 6.26. The summed E-state index contributed by atoms with van der Waals surface area (Å²) in [6.45, 7) is 2.74. The zero-order chi connectivity index (χ0) is 13.8. The van der Waals surface area contributed by atoms with Gasteiger partial charge in [-0.2, -0.15) is 5.10 Å². The summed E-state index contributed by atoms with van der Waals surface area (Å²) in [5, 5.41) is 7.37. The molecule has 1 aromatic carbocycles. The number of nitrogens with zero attached hydrogens (tertiary/aromatic N) is 2. The lowest BCUT2D eigenvalue weighted by Gasteiger charge is -2.06. The average Bonchev–Trinajstić information content (AvgIpc) is 2.73. The average molecular weight is 265 g/mol. The van der Waals surface area contributed by atoms with Gasteiger partial charge in [0, 0.05) is 37.5 Å². The van der Waals surface area contributed by atoms with Crippen LogP contribution < -0.4 is 5.32 Å². The van der Waals surface area contributed by atoms with Crippen molar-refractivity contribution in [2.75, 3.05) is 0 Å². The van der Waals surface area contributed by atoms with Gasteiger partial charge in [-0.05, 0) is 18.6 Å². The van der Waals surface area contributed by atoms with Crippen molar-refractivity contribution < 1.29 is 8.78 Å². The van der Waals surface area contributed by atoms with Gasteiger partial charge in [-0.1, -0.05) is 13.0 Å². The first-order valence-electron chi connectivity index (χ1n) is 6.26. The number of rotatable bonds is 5. The molecule has 3 nitrogen and oxygen atoms in total. The third kappa shape index (κ3) is 3.17. The number of hydrogen-bond donors (Lipinski definition) is 1. The first kappa shape index (κ1) is 13.7. The molecule has 0 fully saturated rings. The van der Waals surface area contributed by atoms with E-state index in [0.717, 1.165) is 17.7 Å². The summed E-state index contributed by atoms with van der Waals surface area (Å²) in [5.41, 5.74) is 2.13. The second-order valence-electron chi connectivity index (χ2n) is 4.43. The summed E-state index contributed by atoms with van der Waals surface area (Å²) in [4.78, 5) is 0. The highest BCUT2D eigenvalue weighted by Gasteiger charge is 2.09. The number of benzene rings is 1. The summed E-state index contributed by atoms with van der Waals surface area (Å²) in [7, 11) is 1.86. The molecule has 2 aromatic rings. The lowest BCUT2D eigenvalue weighted by molar-refractivity contribution is 0.535. The second-order valence-corrected chi connectivity index (χ2v) is 4.43. The standard InChI is InChI=1S/C14H17F2N3/c1-3-14-10(9-19(2)18-14)7-17-8-11-12(15)5-4-6-13(11)16/h4-6,9,17H,3,7-8H2,1-2H3. The van der Waals surface area contributed by atoms with E-state index < -0.39 is 11.6 Å². The van der Waals surface area contributed by atoms with Gasteiger partial charge in [0.1, 0.15) is 11.6 Å². The Labute approximate surface area is 111 Å². The predicted octanol–water partition coefficient (Wildman–Crippen LogP) is 2.55.